The highest BCUT2D eigenvalue weighted by molar-refractivity contribution is 7.89. The van der Waals surface area contributed by atoms with Crippen molar-refractivity contribution in [1.82, 2.24) is 9.21 Å². The first kappa shape index (κ1) is 18.1. The third kappa shape index (κ3) is 3.96. The Kier molecular flexibility index (Phi) is 5.29. The van der Waals surface area contributed by atoms with Gasteiger partial charge < -0.3 is 4.90 Å². The molecule has 136 valence electrons. The van der Waals surface area contributed by atoms with E-state index in [9.17, 15) is 13.2 Å². The van der Waals surface area contributed by atoms with Crippen LogP contribution in [0.2, 0.25) is 0 Å². The molecule has 5 nitrogen and oxygen atoms in total. The van der Waals surface area contributed by atoms with Crippen LogP contribution in [0.1, 0.15) is 30.4 Å². The van der Waals surface area contributed by atoms with Gasteiger partial charge in [-0.3, -0.25) is 4.79 Å². The fourth-order valence-corrected chi connectivity index (χ4v) is 5.25. The number of sulfonamides is 1. The minimum Gasteiger partial charge on any atom is -0.340 e. The van der Waals surface area contributed by atoms with Crippen molar-refractivity contribution in [3.63, 3.8) is 0 Å². The molecule has 0 spiro atoms. The van der Waals surface area contributed by atoms with E-state index in [1.54, 1.807) is 11.0 Å². The van der Waals surface area contributed by atoms with Crippen molar-refractivity contribution in [3.05, 3.63) is 41.5 Å². The number of aryl methyl sites for hydroxylation is 2. The molecule has 1 fully saturated rings. The number of amides is 1. The Morgan fingerprint density at radius 3 is 2.52 bits per heavy atom. The molecule has 1 saturated heterocycles. The number of hydrogen-bond donors (Lipinski definition) is 0. The first-order valence-electron chi connectivity index (χ1n) is 8.90. The maximum atomic E-state index is 12.9. The summed E-state index contributed by atoms with van der Waals surface area (Å²) in [5, 5.41) is 0. The van der Waals surface area contributed by atoms with Gasteiger partial charge in [0, 0.05) is 32.6 Å². The number of hydrogen-bond acceptors (Lipinski definition) is 3. The zero-order valence-electron chi connectivity index (χ0n) is 14.9. The molecule has 0 saturated carbocycles. The molecule has 1 aromatic carbocycles. The molecule has 1 aliphatic heterocycles. The SMILES string of the molecule is Cc1ccc(C)c(S(=O)(=O)N2CCN(C(=O)CC3C=CCC3)CC2)c1. The quantitative estimate of drug-likeness (QED) is 0.773. The third-order valence-corrected chi connectivity index (χ3v) is 7.14. The molecule has 1 amide bonds. The van der Waals surface area contributed by atoms with E-state index >= 15 is 0 Å². The summed E-state index contributed by atoms with van der Waals surface area (Å²) in [6.45, 7) is 5.39. The lowest BCUT2D eigenvalue weighted by atomic mass is 10.0. The highest BCUT2D eigenvalue weighted by Crippen LogP contribution is 2.24. The summed E-state index contributed by atoms with van der Waals surface area (Å²) in [5.74, 6) is 0.490. The first-order valence-corrected chi connectivity index (χ1v) is 10.3. The van der Waals surface area contributed by atoms with Crippen molar-refractivity contribution in [2.75, 3.05) is 26.2 Å². The number of piperazine rings is 1. The molecule has 6 heteroatoms. The van der Waals surface area contributed by atoms with E-state index in [-0.39, 0.29) is 5.91 Å². The van der Waals surface area contributed by atoms with Gasteiger partial charge in [0.2, 0.25) is 15.9 Å². The average molecular weight is 362 g/mol. The van der Waals surface area contributed by atoms with Crippen molar-refractivity contribution in [2.24, 2.45) is 5.92 Å². The molecule has 3 rings (SSSR count). The third-order valence-electron chi connectivity index (χ3n) is 5.10. The number of benzene rings is 1. The summed E-state index contributed by atoms with van der Waals surface area (Å²) in [6.07, 6.45) is 6.90. The predicted molar refractivity (Wildman–Crippen MR) is 97.7 cm³/mol. The van der Waals surface area contributed by atoms with Gasteiger partial charge in [-0.2, -0.15) is 4.31 Å². The number of carbonyl (C=O) groups excluding carboxylic acids is 1. The van der Waals surface area contributed by atoms with Crippen LogP contribution < -0.4 is 0 Å². The average Bonchev–Trinajstić information content (AvgIpc) is 3.10. The van der Waals surface area contributed by atoms with Gasteiger partial charge in [-0.1, -0.05) is 24.3 Å². The van der Waals surface area contributed by atoms with Crippen molar-refractivity contribution in [2.45, 2.75) is 38.0 Å². The van der Waals surface area contributed by atoms with E-state index in [2.05, 4.69) is 12.2 Å². The molecule has 1 heterocycles. The number of nitrogens with zero attached hydrogens (tertiary/aromatic N) is 2. The molecule has 1 aliphatic carbocycles. The molecule has 0 N–H and O–H groups in total. The summed E-state index contributed by atoms with van der Waals surface area (Å²) >= 11 is 0. The van der Waals surface area contributed by atoms with Crippen LogP contribution in [0.5, 0.6) is 0 Å². The van der Waals surface area contributed by atoms with Crippen LogP contribution in [-0.4, -0.2) is 49.7 Å². The van der Waals surface area contributed by atoms with Crippen LogP contribution in [-0.2, 0) is 14.8 Å². The Bertz CT molecular complexity index is 778. The monoisotopic (exact) mass is 362 g/mol. The lowest BCUT2D eigenvalue weighted by Gasteiger charge is -2.34. The lowest BCUT2D eigenvalue weighted by Crippen LogP contribution is -2.50. The largest absolute Gasteiger partial charge is 0.340 e. The van der Waals surface area contributed by atoms with Crippen LogP contribution in [0.3, 0.4) is 0 Å². The molecule has 25 heavy (non-hydrogen) atoms. The van der Waals surface area contributed by atoms with Gasteiger partial charge in [0.15, 0.2) is 0 Å². The van der Waals surface area contributed by atoms with Crippen molar-refractivity contribution >= 4 is 15.9 Å². The Morgan fingerprint density at radius 2 is 1.88 bits per heavy atom. The summed E-state index contributed by atoms with van der Waals surface area (Å²) in [6, 6.07) is 5.49. The van der Waals surface area contributed by atoms with Gasteiger partial charge in [0.05, 0.1) is 4.90 Å². The number of rotatable bonds is 4. The highest BCUT2D eigenvalue weighted by atomic mass is 32.2. The van der Waals surface area contributed by atoms with E-state index < -0.39 is 10.0 Å². The summed E-state index contributed by atoms with van der Waals surface area (Å²) < 4.78 is 27.4. The number of allylic oxidation sites excluding steroid dienone is 2. The normalized spacial score (nSPS) is 21.7. The molecule has 1 aromatic rings. The summed E-state index contributed by atoms with van der Waals surface area (Å²) in [5.41, 5.74) is 1.69. The fourth-order valence-electron chi connectivity index (χ4n) is 3.52. The molecular formula is C19H26N2O3S. The van der Waals surface area contributed by atoms with Crippen molar-refractivity contribution in [1.29, 1.82) is 0 Å². The fraction of sp³-hybridized carbons (Fsp3) is 0.526. The second-order valence-electron chi connectivity index (χ2n) is 7.02. The van der Waals surface area contributed by atoms with Crippen LogP contribution in [0.4, 0.5) is 0 Å². The Balaban J connectivity index is 1.64. The van der Waals surface area contributed by atoms with Crippen molar-refractivity contribution in [3.8, 4) is 0 Å². The molecule has 1 unspecified atom stereocenters. The van der Waals surface area contributed by atoms with Gasteiger partial charge in [-0.05, 0) is 49.8 Å². The van der Waals surface area contributed by atoms with Crippen LogP contribution in [0.25, 0.3) is 0 Å². The standard InChI is InChI=1S/C19H26N2O3S/c1-15-7-8-16(2)18(13-15)25(23,24)21-11-9-20(10-12-21)19(22)14-17-5-3-4-6-17/h3,5,7-8,13,17H,4,6,9-12,14H2,1-2H3. The van der Waals surface area contributed by atoms with Gasteiger partial charge in [0.25, 0.3) is 0 Å². The van der Waals surface area contributed by atoms with E-state index in [1.807, 2.05) is 26.0 Å². The zero-order valence-corrected chi connectivity index (χ0v) is 15.8. The minimum absolute atomic E-state index is 0.139. The van der Waals surface area contributed by atoms with Crippen LogP contribution in [0.15, 0.2) is 35.2 Å². The van der Waals surface area contributed by atoms with E-state index in [1.165, 1.54) is 4.31 Å². The Hall–Kier alpha value is -1.66. The second-order valence-corrected chi connectivity index (χ2v) is 8.93. The lowest BCUT2D eigenvalue weighted by molar-refractivity contribution is -0.133. The van der Waals surface area contributed by atoms with Crippen LogP contribution in [0, 0.1) is 19.8 Å². The van der Waals surface area contributed by atoms with Gasteiger partial charge in [-0.15, -0.1) is 0 Å². The summed E-state index contributed by atoms with van der Waals surface area (Å²) in [4.78, 5) is 14.6. The van der Waals surface area contributed by atoms with Crippen molar-refractivity contribution < 1.29 is 13.2 Å². The zero-order chi connectivity index (χ0) is 18.0. The maximum absolute atomic E-state index is 12.9. The van der Waals surface area contributed by atoms with Crippen LogP contribution >= 0.6 is 0 Å². The van der Waals surface area contributed by atoms with E-state index in [0.29, 0.717) is 43.4 Å². The second kappa shape index (κ2) is 7.30. The molecule has 0 bridgehead atoms. The maximum Gasteiger partial charge on any atom is 0.243 e. The van der Waals surface area contributed by atoms with Gasteiger partial charge in [0.1, 0.15) is 0 Å². The van der Waals surface area contributed by atoms with E-state index in [0.717, 1.165) is 24.0 Å². The number of carbonyl (C=O) groups is 1. The molecule has 2 aliphatic rings. The van der Waals surface area contributed by atoms with E-state index in [4.69, 9.17) is 0 Å². The predicted octanol–water partition coefficient (Wildman–Crippen LogP) is 2.49. The minimum atomic E-state index is -3.50. The summed E-state index contributed by atoms with van der Waals surface area (Å²) in [7, 11) is -3.50. The molecule has 0 radical (unpaired) electrons. The highest BCUT2D eigenvalue weighted by Gasteiger charge is 2.31. The smallest absolute Gasteiger partial charge is 0.243 e. The molecule has 1 atom stereocenters. The Labute approximate surface area is 150 Å². The Morgan fingerprint density at radius 1 is 1.16 bits per heavy atom. The van der Waals surface area contributed by atoms with Gasteiger partial charge >= 0.3 is 0 Å². The first-order chi connectivity index (χ1) is 11.9. The van der Waals surface area contributed by atoms with Gasteiger partial charge in [-0.25, -0.2) is 8.42 Å². The topological polar surface area (TPSA) is 57.7 Å². The molecule has 0 aromatic heterocycles. The molecular weight excluding hydrogens is 336 g/mol.